The average molecular weight is 237 g/mol. The van der Waals surface area contributed by atoms with Crippen LogP contribution in [0.3, 0.4) is 0 Å². The summed E-state index contributed by atoms with van der Waals surface area (Å²) in [5.74, 6) is 0. The van der Waals surface area contributed by atoms with Crippen LogP contribution in [0.2, 0.25) is 0 Å². The zero-order chi connectivity index (χ0) is 12.7. The number of rotatable bonds is 1. The lowest BCUT2D eigenvalue weighted by molar-refractivity contribution is 0.814. The van der Waals surface area contributed by atoms with Crippen molar-refractivity contribution in [3.05, 3.63) is 64.2 Å². The first kappa shape index (κ1) is 11.3. The zero-order valence-corrected chi connectivity index (χ0v) is 11.2. The summed E-state index contributed by atoms with van der Waals surface area (Å²) in [6.45, 7) is 6.54. The Morgan fingerprint density at radius 1 is 1.00 bits per heavy atom. The van der Waals surface area contributed by atoms with Gasteiger partial charge in [0, 0.05) is 5.69 Å². The predicted molar refractivity (Wildman–Crippen MR) is 77.2 cm³/mol. The summed E-state index contributed by atoms with van der Waals surface area (Å²) in [6.07, 6.45) is 1.10. The van der Waals surface area contributed by atoms with Gasteiger partial charge in [0.2, 0.25) is 0 Å². The quantitative estimate of drug-likeness (QED) is 0.778. The Morgan fingerprint density at radius 2 is 1.83 bits per heavy atom. The fourth-order valence-corrected chi connectivity index (χ4v) is 2.87. The lowest BCUT2D eigenvalue weighted by atomic mass is 9.96. The molecule has 1 aliphatic rings. The van der Waals surface area contributed by atoms with Crippen LogP contribution in [0.1, 0.15) is 33.9 Å². The molecule has 0 saturated carbocycles. The third-order valence-electron chi connectivity index (χ3n) is 3.91. The van der Waals surface area contributed by atoms with Crippen molar-refractivity contribution in [3.63, 3.8) is 0 Å². The second kappa shape index (κ2) is 4.16. The van der Waals surface area contributed by atoms with Crippen molar-refractivity contribution < 1.29 is 0 Å². The minimum absolute atomic E-state index is 0.431. The highest BCUT2D eigenvalue weighted by molar-refractivity contribution is 5.63. The molecular formula is C17H19N. The Morgan fingerprint density at radius 3 is 2.61 bits per heavy atom. The number of aryl methyl sites for hydroxylation is 3. The van der Waals surface area contributed by atoms with Crippen molar-refractivity contribution in [2.45, 2.75) is 33.2 Å². The number of hydrogen-bond donors (Lipinski definition) is 1. The van der Waals surface area contributed by atoms with Crippen LogP contribution in [-0.4, -0.2) is 0 Å². The minimum atomic E-state index is 0.431. The van der Waals surface area contributed by atoms with Crippen molar-refractivity contribution >= 4 is 5.69 Å². The van der Waals surface area contributed by atoms with Crippen molar-refractivity contribution in [1.82, 2.24) is 0 Å². The van der Waals surface area contributed by atoms with E-state index in [4.69, 9.17) is 0 Å². The maximum absolute atomic E-state index is 3.69. The monoisotopic (exact) mass is 237 g/mol. The number of hydrogen-bond acceptors (Lipinski definition) is 1. The summed E-state index contributed by atoms with van der Waals surface area (Å²) in [4.78, 5) is 0. The lowest BCUT2D eigenvalue weighted by Gasteiger charge is -2.16. The van der Waals surface area contributed by atoms with Crippen LogP contribution in [0, 0.1) is 20.8 Å². The molecule has 0 spiro atoms. The van der Waals surface area contributed by atoms with Gasteiger partial charge >= 0.3 is 0 Å². The standard InChI is InChI=1S/C17H19N/c1-11-7-8-12(2)15(9-11)16-10-14-6-4-5-13(3)17(14)18-16/h4-9,16,18H,10H2,1-3H3. The summed E-state index contributed by atoms with van der Waals surface area (Å²) in [6, 6.07) is 13.7. The molecule has 1 nitrogen and oxygen atoms in total. The number of benzene rings is 2. The molecule has 92 valence electrons. The first-order valence-corrected chi connectivity index (χ1v) is 6.57. The maximum atomic E-state index is 3.69. The molecule has 0 aliphatic carbocycles. The van der Waals surface area contributed by atoms with Crippen LogP contribution in [0.25, 0.3) is 0 Å². The van der Waals surface area contributed by atoms with E-state index in [1.54, 1.807) is 0 Å². The first-order chi connectivity index (χ1) is 8.65. The minimum Gasteiger partial charge on any atom is -0.377 e. The van der Waals surface area contributed by atoms with Gasteiger partial charge in [0.25, 0.3) is 0 Å². The van der Waals surface area contributed by atoms with Crippen LogP contribution >= 0.6 is 0 Å². The molecule has 1 heteroatoms. The van der Waals surface area contributed by atoms with Gasteiger partial charge in [-0.2, -0.15) is 0 Å². The third kappa shape index (κ3) is 1.80. The van der Waals surface area contributed by atoms with E-state index in [0.717, 1.165) is 6.42 Å². The van der Waals surface area contributed by atoms with Gasteiger partial charge in [-0.25, -0.2) is 0 Å². The molecule has 1 atom stereocenters. The van der Waals surface area contributed by atoms with Crippen LogP contribution in [0.4, 0.5) is 5.69 Å². The molecule has 0 saturated heterocycles. The summed E-state index contributed by atoms with van der Waals surface area (Å²) < 4.78 is 0. The molecule has 1 N–H and O–H groups in total. The van der Waals surface area contributed by atoms with Gasteiger partial charge in [-0.15, -0.1) is 0 Å². The molecular weight excluding hydrogens is 218 g/mol. The Labute approximate surface area is 109 Å². The molecule has 1 heterocycles. The molecule has 2 aromatic carbocycles. The maximum Gasteiger partial charge on any atom is 0.0557 e. The summed E-state index contributed by atoms with van der Waals surface area (Å²) in [5, 5.41) is 3.69. The SMILES string of the molecule is Cc1ccc(C)c(C2Cc3cccc(C)c3N2)c1. The Bertz CT molecular complexity index is 599. The van der Waals surface area contributed by atoms with Gasteiger partial charge in [-0.3, -0.25) is 0 Å². The number of nitrogens with one attached hydrogen (secondary N) is 1. The predicted octanol–water partition coefficient (Wildman–Crippen LogP) is 4.32. The topological polar surface area (TPSA) is 12.0 Å². The van der Waals surface area contributed by atoms with E-state index < -0.39 is 0 Å². The normalized spacial score (nSPS) is 17.4. The summed E-state index contributed by atoms with van der Waals surface area (Å²) >= 11 is 0. The molecule has 3 rings (SSSR count). The van der Waals surface area contributed by atoms with E-state index in [0.29, 0.717) is 6.04 Å². The van der Waals surface area contributed by atoms with Crippen LogP contribution in [-0.2, 0) is 6.42 Å². The molecule has 1 unspecified atom stereocenters. The van der Waals surface area contributed by atoms with E-state index >= 15 is 0 Å². The number of para-hydroxylation sites is 1. The van der Waals surface area contributed by atoms with Gasteiger partial charge < -0.3 is 5.32 Å². The van der Waals surface area contributed by atoms with Crippen molar-refractivity contribution in [3.8, 4) is 0 Å². The van der Waals surface area contributed by atoms with Crippen LogP contribution in [0.15, 0.2) is 36.4 Å². The highest BCUT2D eigenvalue weighted by Gasteiger charge is 2.24. The molecule has 0 bridgehead atoms. The van der Waals surface area contributed by atoms with E-state index in [2.05, 4.69) is 62.5 Å². The zero-order valence-electron chi connectivity index (χ0n) is 11.2. The first-order valence-electron chi connectivity index (χ1n) is 6.57. The second-order valence-electron chi connectivity index (χ2n) is 5.37. The van der Waals surface area contributed by atoms with E-state index in [1.165, 1.54) is 33.5 Å². The highest BCUT2D eigenvalue weighted by atomic mass is 15.0. The Kier molecular flexibility index (Phi) is 2.62. The highest BCUT2D eigenvalue weighted by Crippen LogP contribution is 2.37. The number of anilines is 1. The summed E-state index contributed by atoms with van der Waals surface area (Å²) in [5.41, 5.74) is 8.28. The fraction of sp³-hybridized carbons (Fsp3) is 0.294. The third-order valence-corrected chi connectivity index (χ3v) is 3.91. The second-order valence-corrected chi connectivity index (χ2v) is 5.37. The van der Waals surface area contributed by atoms with Gasteiger partial charge in [0.1, 0.15) is 0 Å². The molecule has 0 radical (unpaired) electrons. The molecule has 0 amide bonds. The molecule has 2 aromatic rings. The molecule has 0 fully saturated rings. The Hall–Kier alpha value is -1.76. The smallest absolute Gasteiger partial charge is 0.0557 e. The van der Waals surface area contributed by atoms with E-state index in [-0.39, 0.29) is 0 Å². The van der Waals surface area contributed by atoms with E-state index in [1.807, 2.05) is 0 Å². The molecule has 0 aromatic heterocycles. The van der Waals surface area contributed by atoms with Gasteiger partial charge in [-0.1, -0.05) is 42.0 Å². The summed E-state index contributed by atoms with van der Waals surface area (Å²) in [7, 11) is 0. The molecule has 1 aliphatic heterocycles. The van der Waals surface area contributed by atoms with Crippen molar-refractivity contribution in [1.29, 1.82) is 0 Å². The van der Waals surface area contributed by atoms with Gasteiger partial charge in [0.15, 0.2) is 0 Å². The average Bonchev–Trinajstić information content (AvgIpc) is 2.77. The van der Waals surface area contributed by atoms with Crippen molar-refractivity contribution in [2.24, 2.45) is 0 Å². The lowest BCUT2D eigenvalue weighted by Crippen LogP contribution is -2.08. The number of fused-ring (bicyclic) bond motifs is 1. The largest absolute Gasteiger partial charge is 0.377 e. The van der Waals surface area contributed by atoms with Crippen LogP contribution < -0.4 is 5.32 Å². The van der Waals surface area contributed by atoms with E-state index in [9.17, 15) is 0 Å². The molecule has 18 heavy (non-hydrogen) atoms. The van der Waals surface area contributed by atoms with Gasteiger partial charge in [-0.05, 0) is 49.4 Å². The fourth-order valence-electron chi connectivity index (χ4n) is 2.87. The van der Waals surface area contributed by atoms with Crippen LogP contribution in [0.5, 0.6) is 0 Å². The van der Waals surface area contributed by atoms with Crippen molar-refractivity contribution in [2.75, 3.05) is 5.32 Å². The van der Waals surface area contributed by atoms with Gasteiger partial charge in [0.05, 0.1) is 6.04 Å². The Balaban J connectivity index is 1.99.